The second-order valence-electron chi connectivity index (χ2n) is 7.56. The molecular formula is C19H31IN6. The molecule has 3 aliphatic rings. The van der Waals surface area contributed by atoms with Crippen molar-refractivity contribution in [2.45, 2.75) is 32.6 Å². The second kappa shape index (κ2) is 9.19. The summed E-state index contributed by atoms with van der Waals surface area (Å²) in [5.74, 6) is 4.71. The van der Waals surface area contributed by atoms with Crippen LogP contribution in [-0.2, 0) is 0 Å². The van der Waals surface area contributed by atoms with Crippen LogP contribution in [0.4, 0.5) is 5.95 Å². The zero-order chi connectivity index (χ0) is 17.1. The number of hydrogen-bond donors (Lipinski definition) is 1. The van der Waals surface area contributed by atoms with E-state index in [1.54, 1.807) is 0 Å². The number of nitrogens with one attached hydrogen (secondary N) is 1. The number of anilines is 1. The topological polar surface area (TPSA) is 56.7 Å². The van der Waals surface area contributed by atoms with Gasteiger partial charge in [0.15, 0.2) is 5.96 Å². The van der Waals surface area contributed by atoms with Crippen LogP contribution in [0.3, 0.4) is 0 Å². The molecule has 0 bridgehead atoms. The average molecular weight is 470 g/mol. The molecule has 4 rings (SSSR count). The van der Waals surface area contributed by atoms with E-state index < -0.39 is 0 Å². The zero-order valence-corrected chi connectivity index (χ0v) is 18.0. The van der Waals surface area contributed by atoms with Crippen LogP contribution in [0.25, 0.3) is 0 Å². The van der Waals surface area contributed by atoms with Crippen molar-refractivity contribution >= 4 is 35.9 Å². The Morgan fingerprint density at radius 2 is 1.73 bits per heavy atom. The Morgan fingerprint density at radius 3 is 2.27 bits per heavy atom. The van der Waals surface area contributed by atoms with E-state index in [0.29, 0.717) is 0 Å². The number of hydrogen-bond acceptors (Lipinski definition) is 4. The van der Waals surface area contributed by atoms with Gasteiger partial charge in [-0.3, -0.25) is 4.99 Å². The summed E-state index contributed by atoms with van der Waals surface area (Å²) >= 11 is 0. The molecule has 2 aliphatic carbocycles. The van der Waals surface area contributed by atoms with Crippen LogP contribution in [0.5, 0.6) is 0 Å². The maximum absolute atomic E-state index is 5.04. The average Bonchev–Trinajstić information content (AvgIpc) is 3.56. The molecule has 6 nitrogen and oxygen atoms in total. The Labute approximate surface area is 173 Å². The van der Waals surface area contributed by atoms with Crippen molar-refractivity contribution in [2.24, 2.45) is 22.7 Å². The largest absolute Gasteiger partial charge is 0.357 e. The first-order valence-corrected chi connectivity index (χ1v) is 9.90. The minimum absolute atomic E-state index is 0. The smallest absolute Gasteiger partial charge is 0.225 e. The third-order valence-electron chi connectivity index (χ3n) is 5.66. The molecule has 0 radical (unpaired) electrons. The molecule has 1 saturated heterocycles. The van der Waals surface area contributed by atoms with Crippen LogP contribution < -0.4 is 10.2 Å². The summed E-state index contributed by atoms with van der Waals surface area (Å²) in [6.45, 7) is 7.94. The van der Waals surface area contributed by atoms with E-state index in [0.717, 1.165) is 68.9 Å². The summed E-state index contributed by atoms with van der Waals surface area (Å²) in [6, 6.07) is 1.87. The third-order valence-corrected chi connectivity index (χ3v) is 5.66. The molecular weight excluding hydrogens is 439 g/mol. The Hall–Kier alpha value is -1.12. The van der Waals surface area contributed by atoms with Gasteiger partial charge in [-0.2, -0.15) is 0 Å². The monoisotopic (exact) mass is 470 g/mol. The van der Waals surface area contributed by atoms with Gasteiger partial charge in [-0.05, 0) is 56.4 Å². The number of guanidine groups is 1. The van der Waals surface area contributed by atoms with Crippen molar-refractivity contribution in [1.29, 1.82) is 0 Å². The molecule has 0 amide bonds. The highest BCUT2D eigenvalue weighted by molar-refractivity contribution is 14.0. The molecule has 144 valence electrons. The first kappa shape index (κ1) is 19.6. The number of halogens is 1. The fourth-order valence-corrected chi connectivity index (χ4v) is 3.92. The van der Waals surface area contributed by atoms with E-state index in [9.17, 15) is 0 Å². The molecule has 3 fully saturated rings. The van der Waals surface area contributed by atoms with E-state index in [-0.39, 0.29) is 24.0 Å². The van der Waals surface area contributed by atoms with Crippen molar-refractivity contribution in [1.82, 2.24) is 20.2 Å². The van der Waals surface area contributed by atoms with E-state index in [2.05, 4.69) is 32.0 Å². The first-order valence-electron chi connectivity index (χ1n) is 9.90. The van der Waals surface area contributed by atoms with Crippen LogP contribution >= 0.6 is 24.0 Å². The minimum Gasteiger partial charge on any atom is -0.357 e. The van der Waals surface area contributed by atoms with E-state index >= 15 is 0 Å². The summed E-state index contributed by atoms with van der Waals surface area (Å²) in [5.41, 5.74) is 0. The van der Waals surface area contributed by atoms with Gasteiger partial charge in [-0.1, -0.05) is 0 Å². The standard InChI is InChI=1S/C19H30N6.HI/c1-2-20-18(23-14-17(15-4-5-15)16-6-7-16)24-10-12-25(13-11-24)19-21-8-3-9-22-19;/h3,8-9,15-17H,2,4-7,10-14H2,1H3,(H,20,23);1H. The second-order valence-corrected chi connectivity index (χ2v) is 7.56. The van der Waals surface area contributed by atoms with Gasteiger partial charge in [-0.25, -0.2) is 9.97 Å². The fraction of sp³-hybridized carbons (Fsp3) is 0.737. The Morgan fingerprint density at radius 1 is 1.12 bits per heavy atom. The van der Waals surface area contributed by atoms with E-state index in [1.165, 1.54) is 25.7 Å². The highest BCUT2D eigenvalue weighted by Gasteiger charge is 2.41. The van der Waals surface area contributed by atoms with E-state index in [4.69, 9.17) is 4.99 Å². The van der Waals surface area contributed by atoms with Crippen LogP contribution in [-0.4, -0.2) is 60.1 Å². The summed E-state index contributed by atoms with van der Waals surface area (Å²) in [4.78, 5) is 18.4. The molecule has 1 aliphatic heterocycles. The number of nitrogens with zero attached hydrogens (tertiary/aromatic N) is 5. The van der Waals surface area contributed by atoms with Gasteiger partial charge >= 0.3 is 0 Å². The molecule has 2 saturated carbocycles. The zero-order valence-electron chi connectivity index (χ0n) is 15.7. The molecule has 0 atom stereocenters. The van der Waals surface area contributed by atoms with Crippen molar-refractivity contribution < 1.29 is 0 Å². The Balaban J connectivity index is 0.00000196. The number of rotatable bonds is 6. The number of aromatic nitrogens is 2. The van der Waals surface area contributed by atoms with Gasteiger partial charge in [0.05, 0.1) is 0 Å². The van der Waals surface area contributed by atoms with Gasteiger partial charge in [0, 0.05) is 51.7 Å². The summed E-state index contributed by atoms with van der Waals surface area (Å²) < 4.78 is 0. The maximum atomic E-state index is 5.04. The first-order chi connectivity index (χ1) is 12.3. The molecule has 0 aromatic carbocycles. The normalized spacial score (nSPS) is 20.9. The predicted octanol–water partition coefficient (Wildman–Crippen LogP) is 2.62. The summed E-state index contributed by atoms with van der Waals surface area (Å²) in [6.07, 6.45) is 9.37. The van der Waals surface area contributed by atoms with Crippen molar-refractivity contribution in [3.05, 3.63) is 18.5 Å². The highest BCUT2D eigenvalue weighted by atomic mass is 127. The third kappa shape index (κ3) is 4.98. The number of piperazine rings is 1. The van der Waals surface area contributed by atoms with Gasteiger partial charge in [0.2, 0.25) is 5.95 Å². The summed E-state index contributed by atoms with van der Waals surface area (Å²) in [5, 5.41) is 3.51. The van der Waals surface area contributed by atoms with Crippen LogP contribution in [0, 0.1) is 17.8 Å². The lowest BCUT2D eigenvalue weighted by atomic mass is 9.98. The molecule has 1 aromatic heterocycles. The fourth-order valence-electron chi connectivity index (χ4n) is 3.92. The van der Waals surface area contributed by atoms with Crippen molar-refractivity contribution in [3.63, 3.8) is 0 Å². The molecule has 0 unspecified atom stereocenters. The lowest BCUT2D eigenvalue weighted by Crippen LogP contribution is -2.53. The van der Waals surface area contributed by atoms with Crippen LogP contribution in [0.2, 0.25) is 0 Å². The minimum atomic E-state index is 0. The van der Waals surface area contributed by atoms with Gasteiger partial charge in [0.25, 0.3) is 0 Å². The Bertz CT molecular complexity index is 567. The van der Waals surface area contributed by atoms with E-state index in [1.807, 2.05) is 18.5 Å². The lowest BCUT2D eigenvalue weighted by Gasteiger charge is -2.36. The number of aliphatic imine (C=N–C) groups is 1. The quantitative estimate of drug-likeness (QED) is 0.394. The maximum Gasteiger partial charge on any atom is 0.225 e. The SMILES string of the molecule is CCNC(=NCC(C1CC1)C1CC1)N1CCN(c2ncccn2)CC1.I. The van der Waals surface area contributed by atoms with Gasteiger partial charge < -0.3 is 15.1 Å². The van der Waals surface area contributed by atoms with Gasteiger partial charge in [0.1, 0.15) is 0 Å². The molecule has 7 heteroatoms. The van der Waals surface area contributed by atoms with Gasteiger partial charge in [-0.15, -0.1) is 24.0 Å². The molecule has 1 aromatic rings. The molecule has 1 N–H and O–H groups in total. The molecule has 2 heterocycles. The molecule has 0 spiro atoms. The predicted molar refractivity (Wildman–Crippen MR) is 116 cm³/mol. The van der Waals surface area contributed by atoms with Crippen LogP contribution in [0.15, 0.2) is 23.5 Å². The Kier molecular flexibility index (Phi) is 6.94. The highest BCUT2D eigenvalue weighted by Crippen LogP contribution is 2.49. The summed E-state index contributed by atoms with van der Waals surface area (Å²) in [7, 11) is 0. The van der Waals surface area contributed by atoms with Crippen molar-refractivity contribution in [2.75, 3.05) is 44.2 Å². The van der Waals surface area contributed by atoms with Crippen LogP contribution in [0.1, 0.15) is 32.6 Å². The molecule has 26 heavy (non-hydrogen) atoms. The van der Waals surface area contributed by atoms with Crippen molar-refractivity contribution in [3.8, 4) is 0 Å². The lowest BCUT2D eigenvalue weighted by molar-refractivity contribution is 0.363.